The van der Waals surface area contributed by atoms with Gasteiger partial charge < -0.3 is 24.4 Å². The number of carbonyl (C=O) groups excluding carboxylic acids is 2. The van der Waals surface area contributed by atoms with Crippen molar-refractivity contribution < 1.29 is 34.0 Å². The highest BCUT2D eigenvalue weighted by Crippen LogP contribution is 2.31. The third-order valence-electron chi connectivity index (χ3n) is 3.03. The van der Waals surface area contributed by atoms with E-state index in [1.165, 1.54) is 45.6 Å². The first-order chi connectivity index (χ1) is 11.5. The summed E-state index contributed by atoms with van der Waals surface area (Å²) in [7, 11) is 4.38. The van der Waals surface area contributed by atoms with Crippen LogP contribution in [0, 0.1) is 0 Å². The van der Waals surface area contributed by atoms with Gasteiger partial charge in [0, 0.05) is 18.2 Å². The van der Waals surface area contributed by atoms with Gasteiger partial charge in [-0.15, -0.1) is 0 Å². The minimum atomic E-state index is -0.147. The molecule has 0 saturated carbocycles. The van der Waals surface area contributed by atoms with Crippen LogP contribution in [0.3, 0.4) is 0 Å². The molecule has 128 valence electrons. The number of ether oxygens (including phenoxy) is 3. The number of aromatic hydroxyl groups is 2. The number of phenolic OH excluding ortho intramolecular Hbond substituents is 2. The molecule has 0 aromatic heterocycles. The van der Waals surface area contributed by atoms with Crippen molar-refractivity contribution in [2.75, 3.05) is 21.3 Å². The van der Waals surface area contributed by atoms with Gasteiger partial charge in [-0.05, 0) is 12.1 Å². The number of hydrogen-bond acceptors (Lipinski definition) is 7. The fourth-order valence-electron chi connectivity index (χ4n) is 1.74. The molecule has 2 aromatic carbocycles. The second kappa shape index (κ2) is 9.04. The lowest BCUT2D eigenvalue weighted by Crippen LogP contribution is -1.92. The van der Waals surface area contributed by atoms with E-state index in [1.54, 1.807) is 6.07 Å². The Morgan fingerprint density at radius 1 is 0.792 bits per heavy atom. The summed E-state index contributed by atoms with van der Waals surface area (Å²) in [6.07, 6.45) is 1.13. The van der Waals surface area contributed by atoms with E-state index in [0.29, 0.717) is 29.8 Å². The molecule has 0 aliphatic carbocycles. The van der Waals surface area contributed by atoms with Crippen LogP contribution >= 0.6 is 0 Å². The molecule has 0 heterocycles. The highest BCUT2D eigenvalue weighted by Gasteiger charge is 2.10. The summed E-state index contributed by atoms with van der Waals surface area (Å²) in [5, 5.41) is 18.5. The molecule has 24 heavy (non-hydrogen) atoms. The zero-order valence-electron chi connectivity index (χ0n) is 13.5. The molecule has 0 atom stereocenters. The SMILES string of the molecule is COc1cc(O)c(C=O)c(OC)c1.COc1ccc(C=O)c(O)c1. The lowest BCUT2D eigenvalue weighted by atomic mass is 10.2. The van der Waals surface area contributed by atoms with Crippen LogP contribution in [0.25, 0.3) is 0 Å². The monoisotopic (exact) mass is 334 g/mol. The smallest absolute Gasteiger partial charge is 0.157 e. The Labute approximate surface area is 139 Å². The van der Waals surface area contributed by atoms with E-state index < -0.39 is 0 Å². The maximum Gasteiger partial charge on any atom is 0.157 e. The van der Waals surface area contributed by atoms with Gasteiger partial charge in [0.1, 0.15) is 28.7 Å². The Hall–Kier alpha value is -3.22. The Morgan fingerprint density at radius 2 is 1.42 bits per heavy atom. The highest BCUT2D eigenvalue weighted by molar-refractivity contribution is 5.84. The van der Waals surface area contributed by atoms with E-state index in [4.69, 9.17) is 19.3 Å². The molecule has 0 fully saturated rings. The van der Waals surface area contributed by atoms with E-state index in [1.807, 2.05) is 0 Å². The molecular formula is C17H18O7. The predicted molar refractivity (Wildman–Crippen MR) is 86.6 cm³/mol. The summed E-state index contributed by atoms with van der Waals surface area (Å²) in [4.78, 5) is 20.8. The van der Waals surface area contributed by atoms with Crippen LogP contribution in [0.5, 0.6) is 28.7 Å². The minimum absolute atomic E-state index is 0.0562. The Kier molecular flexibility index (Phi) is 7.09. The second-order valence-electron chi connectivity index (χ2n) is 4.42. The Bertz CT molecular complexity index is 710. The fourth-order valence-corrected chi connectivity index (χ4v) is 1.74. The van der Waals surface area contributed by atoms with Crippen LogP contribution in [0.2, 0.25) is 0 Å². The number of aldehydes is 2. The van der Waals surface area contributed by atoms with E-state index >= 15 is 0 Å². The number of phenols is 2. The molecule has 2 N–H and O–H groups in total. The number of rotatable bonds is 5. The molecule has 0 unspecified atom stereocenters. The predicted octanol–water partition coefficient (Wildman–Crippen LogP) is 2.44. The molecule has 2 aromatic rings. The number of hydrogen-bond donors (Lipinski definition) is 2. The standard InChI is InChI=1S/C9H10O4.C8H8O3/c1-12-6-3-8(11)7(5-10)9(4-6)13-2;1-11-7-3-2-6(5-9)8(10)4-7/h3-5,11H,1-2H3;2-5,10H,1H3. The van der Waals surface area contributed by atoms with Crippen LogP contribution in [-0.2, 0) is 0 Å². The maximum absolute atomic E-state index is 10.5. The Balaban J connectivity index is 0.000000243. The van der Waals surface area contributed by atoms with Crippen molar-refractivity contribution in [2.24, 2.45) is 0 Å². The van der Waals surface area contributed by atoms with E-state index in [9.17, 15) is 14.7 Å². The summed E-state index contributed by atoms with van der Waals surface area (Å²) < 4.78 is 14.6. The average Bonchev–Trinajstić information content (AvgIpc) is 2.61. The van der Waals surface area contributed by atoms with Crippen LogP contribution in [0.4, 0.5) is 0 Å². The van der Waals surface area contributed by atoms with Crippen LogP contribution in [0.15, 0.2) is 30.3 Å². The first-order valence-electron chi connectivity index (χ1n) is 6.73. The van der Waals surface area contributed by atoms with Crippen LogP contribution < -0.4 is 14.2 Å². The van der Waals surface area contributed by atoms with Crippen molar-refractivity contribution in [2.45, 2.75) is 0 Å². The minimum Gasteiger partial charge on any atom is -0.507 e. The van der Waals surface area contributed by atoms with Gasteiger partial charge in [-0.3, -0.25) is 9.59 Å². The lowest BCUT2D eigenvalue weighted by Gasteiger charge is -2.07. The van der Waals surface area contributed by atoms with Crippen molar-refractivity contribution in [1.29, 1.82) is 0 Å². The van der Waals surface area contributed by atoms with Gasteiger partial charge in [0.25, 0.3) is 0 Å². The molecule has 7 heteroatoms. The summed E-state index contributed by atoms with van der Waals surface area (Å²) in [6.45, 7) is 0. The molecule has 0 aliphatic rings. The largest absolute Gasteiger partial charge is 0.507 e. The third-order valence-corrected chi connectivity index (χ3v) is 3.03. The highest BCUT2D eigenvalue weighted by atomic mass is 16.5. The summed E-state index contributed by atoms with van der Waals surface area (Å²) in [5.74, 6) is 1.07. The maximum atomic E-state index is 10.5. The quantitative estimate of drug-likeness (QED) is 0.810. The molecule has 0 radical (unpaired) electrons. The summed E-state index contributed by atoms with van der Waals surface area (Å²) in [6, 6.07) is 7.39. The van der Waals surface area contributed by atoms with Crippen molar-refractivity contribution in [3.05, 3.63) is 41.5 Å². The second-order valence-corrected chi connectivity index (χ2v) is 4.42. The van der Waals surface area contributed by atoms with Gasteiger partial charge in [-0.25, -0.2) is 0 Å². The molecule has 0 bridgehead atoms. The zero-order valence-corrected chi connectivity index (χ0v) is 13.5. The normalized spacial score (nSPS) is 9.29. The first-order valence-corrected chi connectivity index (χ1v) is 6.73. The number of carbonyl (C=O) groups is 2. The van der Waals surface area contributed by atoms with Crippen molar-refractivity contribution in [1.82, 2.24) is 0 Å². The molecule has 0 amide bonds. The van der Waals surface area contributed by atoms with Gasteiger partial charge in [-0.1, -0.05) is 0 Å². The van der Waals surface area contributed by atoms with E-state index in [-0.39, 0.29) is 22.6 Å². The van der Waals surface area contributed by atoms with Gasteiger partial charge in [0.15, 0.2) is 12.6 Å². The summed E-state index contributed by atoms with van der Waals surface area (Å²) >= 11 is 0. The van der Waals surface area contributed by atoms with Gasteiger partial charge in [0.2, 0.25) is 0 Å². The molecule has 0 spiro atoms. The molecule has 2 rings (SSSR count). The molecule has 0 aliphatic heterocycles. The van der Waals surface area contributed by atoms with Gasteiger partial charge in [-0.2, -0.15) is 0 Å². The van der Waals surface area contributed by atoms with Crippen LogP contribution in [0.1, 0.15) is 20.7 Å². The van der Waals surface area contributed by atoms with Gasteiger partial charge >= 0.3 is 0 Å². The van der Waals surface area contributed by atoms with Crippen molar-refractivity contribution in [3.8, 4) is 28.7 Å². The topological polar surface area (TPSA) is 102 Å². The first kappa shape index (κ1) is 18.8. The number of methoxy groups -OCH3 is 3. The zero-order chi connectivity index (χ0) is 18.1. The third kappa shape index (κ3) is 4.64. The summed E-state index contributed by atoms with van der Waals surface area (Å²) in [5.41, 5.74) is 0.397. The van der Waals surface area contributed by atoms with Crippen molar-refractivity contribution in [3.63, 3.8) is 0 Å². The van der Waals surface area contributed by atoms with Crippen molar-refractivity contribution >= 4 is 12.6 Å². The average molecular weight is 334 g/mol. The van der Waals surface area contributed by atoms with Crippen LogP contribution in [-0.4, -0.2) is 44.1 Å². The van der Waals surface area contributed by atoms with E-state index in [2.05, 4.69) is 0 Å². The number of benzene rings is 2. The Morgan fingerprint density at radius 3 is 1.88 bits per heavy atom. The molecular weight excluding hydrogens is 316 g/mol. The van der Waals surface area contributed by atoms with E-state index in [0.717, 1.165) is 0 Å². The molecule has 7 nitrogen and oxygen atoms in total. The van der Waals surface area contributed by atoms with Gasteiger partial charge in [0.05, 0.1) is 32.5 Å². The lowest BCUT2D eigenvalue weighted by molar-refractivity contribution is 0.111. The molecule has 0 saturated heterocycles. The fraction of sp³-hybridized carbons (Fsp3) is 0.176.